The molecule has 2 rings (SSSR count). The van der Waals surface area contributed by atoms with Crippen molar-refractivity contribution in [1.29, 1.82) is 0 Å². The zero-order chi connectivity index (χ0) is 11.7. The third-order valence-electron chi connectivity index (χ3n) is 2.32. The first-order valence-electron chi connectivity index (χ1n) is 4.76. The largest absolute Gasteiger partial charge is 0.277 e. The molecule has 0 saturated heterocycles. The fourth-order valence-corrected chi connectivity index (χ4v) is 1.58. The lowest BCUT2D eigenvalue weighted by Crippen LogP contribution is -2.21. The predicted octanol–water partition coefficient (Wildman–Crippen LogP) is 0.568. The van der Waals surface area contributed by atoms with Crippen LogP contribution in [0.4, 0.5) is 0 Å². The molecule has 1 N–H and O–H groups in total. The number of nitrogens with zero attached hydrogens (tertiary/aromatic N) is 3. The van der Waals surface area contributed by atoms with Crippen molar-refractivity contribution in [3.63, 3.8) is 0 Å². The topological polar surface area (TPSA) is 69.0 Å². The van der Waals surface area contributed by atoms with Crippen molar-refractivity contribution in [1.82, 2.24) is 20.2 Å². The van der Waals surface area contributed by atoms with E-state index in [0.717, 1.165) is 16.7 Å². The molecule has 0 aromatic carbocycles. The van der Waals surface area contributed by atoms with Gasteiger partial charge in [-0.2, -0.15) is 5.10 Å². The van der Waals surface area contributed by atoms with Crippen LogP contribution in [-0.2, 0) is 11.9 Å². The predicted molar refractivity (Wildman–Crippen MR) is 57.7 cm³/mol. The molecular weight excluding hydrogens is 208 g/mol. The zero-order valence-electron chi connectivity index (χ0n) is 9.31. The van der Waals surface area contributed by atoms with Crippen molar-refractivity contribution in [3.05, 3.63) is 23.5 Å². The normalized spacial score (nSPS) is 10.7. The molecule has 0 fully saturated rings. The summed E-state index contributed by atoms with van der Waals surface area (Å²) in [5, 5.41) is 5.09. The summed E-state index contributed by atoms with van der Waals surface area (Å²) in [5.74, 6) is -0.319. The molecule has 2 aromatic rings. The van der Waals surface area contributed by atoms with Gasteiger partial charge in [-0.1, -0.05) is 0 Å². The lowest BCUT2D eigenvalue weighted by Gasteiger charge is -2.01. The molecule has 2 heterocycles. The standard InChI is InChI=1S/C10H12N4O2/c1-6-8-4-7(10(15)13-16-3)5-11-9(8)14(2)12-6/h4-5H,1-3H3,(H,13,15). The minimum absolute atomic E-state index is 0.319. The van der Waals surface area contributed by atoms with Gasteiger partial charge >= 0.3 is 0 Å². The Morgan fingerprint density at radius 2 is 2.31 bits per heavy atom. The average Bonchev–Trinajstić information content (AvgIpc) is 2.55. The highest BCUT2D eigenvalue weighted by atomic mass is 16.6. The Morgan fingerprint density at radius 3 is 3.00 bits per heavy atom. The fourth-order valence-electron chi connectivity index (χ4n) is 1.58. The van der Waals surface area contributed by atoms with E-state index in [1.807, 2.05) is 14.0 Å². The van der Waals surface area contributed by atoms with Crippen molar-refractivity contribution in [2.45, 2.75) is 6.92 Å². The molecular formula is C10H12N4O2. The van der Waals surface area contributed by atoms with Gasteiger partial charge in [-0.05, 0) is 13.0 Å². The van der Waals surface area contributed by atoms with Crippen LogP contribution in [0.5, 0.6) is 0 Å². The summed E-state index contributed by atoms with van der Waals surface area (Å²) in [5.41, 5.74) is 4.30. The van der Waals surface area contributed by atoms with Crippen molar-refractivity contribution in [2.75, 3.05) is 7.11 Å². The third-order valence-corrected chi connectivity index (χ3v) is 2.32. The quantitative estimate of drug-likeness (QED) is 0.751. The highest BCUT2D eigenvalue weighted by Gasteiger charge is 2.11. The zero-order valence-corrected chi connectivity index (χ0v) is 9.31. The number of fused-ring (bicyclic) bond motifs is 1. The van der Waals surface area contributed by atoms with Crippen LogP contribution in [0.3, 0.4) is 0 Å². The second-order valence-electron chi connectivity index (χ2n) is 3.44. The number of hydroxylamine groups is 1. The van der Waals surface area contributed by atoms with E-state index in [1.54, 1.807) is 10.7 Å². The molecule has 0 radical (unpaired) electrons. The summed E-state index contributed by atoms with van der Waals surface area (Å²) in [6, 6.07) is 1.75. The molecule has 6 nitrogen and oxygen atoms in total. The van der Waals surface area contributed by atoms with Crippen molar-refractivity contribution in [2.24, 2.45) is 7.05 Å². The minimum Gasteiger partial charge on any atom is -0.277 e. The number of amides is 1. The molecule has 0 unspecified atom stereocenters. The maximum absolute atomic E-state index is 11.5. The first kappa shape index (κ1) is 10.6. The van der Waals surface area contributed by atoms with Gasteiger partial charge in [0.25, 0.3) is 5.91 Å². The maximum Gasteiger partial charge on any atom is 0.276 e. The Bertz CT molecular complexity index is 547. The van der Waals surface area contributed by atoms with Gasteiger partial charge in [0, 0.05) is 18.6 Å². The van der Waals surface area contributed by atoms with E-state index in [-0.39, 0.29) is 5.91 Å². The lowest BCUT2D eigenvalue weighted by molar-refractivity contribution is 0.0537. The number of carbonyl (C=O) groups is 1. The molecule has 0 spiro atoms. The second kappa shape index (κ2) is 3.90. The Balaban J connectivity index is 2.51. The van der Waals surface area contributed by atoms with Crippen LogP contribution in [0.2, 0.25) is 0 Å². The van der Waals surface area contributed by atoms with Crippen molar-refractivity contribution in [3.8, 4) is 0 Å². The molecule has 16 heavy (non-hydrogen) atoms. The van der Waals surface area contributed by atoms with E-state index in [1.165, 1.54) is 13.3 Å². The van der Waals surface area contributed by atoms with E-state index in [2.05, 4.69) is 20.4 Å². The van der Waals surface area contributed by atoms with Gasteiger partial charge in [0.2, 0.25) is 0 Å². The summed E-state index contributed by atoms with van der Waals surface area (Å²) in [6.45, 7) is 1.88. The molecule has 0 aliphatic heterocycles. The van der Waals surface area contributed by atoms with Gasteiger partial charge in [0.1, 0.15) is 0 Å². The molecule has 6 heteroatoms. The fraction of sp³-hybridized carbons (Fsp3) is 0.300. The van der Waals surface area contributed by atoms with E-state index in [4.69, 9.17) is 0 Å². The Labute approximate surface area is 92.2 Å². The number of hydrogen-bond donors (Lipinski definition) is 1. The molecule has 84 valence electrons. The summed E-state index contributed by atoms with van der Waals surface area (Å²) in [4.78, 5) is 20.2. The van der Waals surface area contributed by atoms with E-state index in [9.17, 15) is 4.79 Å². The van der Waals surface area contributed by atoms with Gasteiger partial charge in [0.05, 0.1) is 18.4 Å². The van der Waals surface area contributed by atoms with Gasteiger partial charge in [-0.15, -0.1) is 0 Å². The van der Waals surface area contributed by atoms with Gasteiger partial charge < -0.3 is 0 Å². The highest BCUT2D eigenvalue weighted by Crippen LogP contribution is 2.16. The third kappa shape index (κ3) is 1.63. The molecule has 2 aromatic heterocycles. The van der Waals surface area contributed by atoms with Crippen LogP contribution >= 0.6 is 0 Å². The lowest BCUT2D eigenvalue weighted by atomic mass is 10.2. The molecule has 1 amide bonds. The maximum atomic E-state index is 11.5. The van der Waals surface area contributed by atoms with Crippen LogP contribution in [0, 0.1) is 6.92 Å². The van der Waals surface area contributed by atoms with Gasteiger partial charge in [0.15, 0.2) is 5.65 Å². The van der Waals surface area contributed by atoms with E-state index in [0.29, 0.717) is 5.56 Å². The number of carbonyl (C=O) groups excluding carboxylic acids is 1. The minimum atomic E-state index is -0.319. The molecule has 0 aliphatic carbocycles. The monoisotopic (exact) mass is 220 g/mol. The average molecular weight is 220 g/mol. The van der Waals surface area contributed by atoms with Crippen LogP contribution < -0.4 is 5.48 Å². The number of nitrogens with one attached hydrogen (secondary N) is 1. The van der Waals surface area contributed by atoms with Gasteiger partial charge in [-0.3, -0.25) is 14.3 Å². The highest BCUT2D eigenvalue weighted by molar-refractivity contribution is 5.96. The summed E-state index contributed by atoms with van der Waals surface area (Å²) in [6.07, 6.45) is 1.50. The Morgan fingerprint density at radius 1 is 1.56 bits per heavy atom. The Hall–Kier alpha value is -1.95. The summed E-state index contributed by atoms with van der Waals surface area (Å²) in [7, 11) is 3.20. The van der Waals surface area contributed by atoms with Crippen molar-refractivity contribution < 1.29 is 9.63 Å². The van der Waals surface area contributed by atoms with Crippen LogP contribution in [0.25, 0.3) is 11.0 Å². The molecule has 0 bridgehead atoms. The number of hydrogen-bond acceptors (Lipinski definition) is 4. The molecule has 0 atom stereocenters. The summed E-state index contributed by atoms with van der Waals surface area (Å²) >= 11 is 0. The number of rotatable bonds is 2. The van der Waals surface area contributed by atoms with Gasteiger partial charge in [-0.25, -0.2) is 10.5 Å². The van der Waals surface area contributed by atoms with Crippen LogP contribution in [0.1, 0.15) is 16.1 Å². The second-order valence-corrected chi connectivity index (χ2v) is 3.44. The number of aromatic nitrogens is 3. The van der Waals surface area contributed by atoms with Crippen LogP contribution in [0.15, 0.2) is 12.3 Å². The number of aryl methyl sites for hydroxylation is 2. The first-order valence-corrected chi connectivity index (χ1v) is 4.76. The first-order chi connectivity index (χ1) is 7.63. The smallest absolute Gasteiger partial charge is 0.276 e. The van der Waals surface area contributed by atoms with E-state index >= 15 is 0 Å². The van der Waals surface area contributed by atoms with Crippen LogP contribution in [-0.4, -0.2) is 27.8 Å². The molecule has 0 aliphatic rings. The van der Waals surface area contributed by atoms with Crippen molar-refractivity contribution >= 4 is 16.9 Å². The number of pyridine rings is 1. The SMILES string of the molecule is CONC(=O)c1cnc2c(c1)c(C)nn2C. The molecule has 0 saturated carbocycles. The Kier molecular flexibility index (Phi) is 2.57. The summed E-state index contributed by atoms with van der Waals surface area (Å²) < 4.78 is 1.68. The van der Waals surface area contributed by atoms with E-state index < -0.39 is 0 Å².